The maximum atomic E-state index is 13.3. The highest BCUT2D eigenvalue weighted by Gasteiger charge is 2.44. The average Bonchev–Trinajstić information content (AvgIpc) is 1.76. The van der Waals surface area contributed by atoms with Crippen molar-refractivity contribution < 1.29 is 101 Å². The van der Waals surface area contributed by atoms with Crippen LogP contribution in [0.3, 0.4) is 0 Å². The summed E-state index contributed by atoms with van der Waals surface area (Å²) in [5.74, 6) is -6.79. The SMILES string of the molecule is CC(CO)(CO)C(=O)Nc1nnc(CCCCc2nnc(NC(=O)Cc3cccc(F)c3)s2)s1.CC(CO)(CO)C(=O)O.CC1(C)OCC(C)(C(=O)Nc2nnc(CCCCc3nnc(NC(=O)Cc4cccc(F)c4)s3)s2)CO1.CC1(C)OCC(C)(C(=O)O)CO1.Nc1nnc(CCCCc2nnc(N)s2)s1.O=C(O)Cc1cccc(F)c1. The van der Waals surface area contributed by atoms with Gasteiger partial charge in [-0.15, -0.1) is 61.2 Å². The van der Waals surface area contributed by atoms with Crippen molar-refractivity contribution in [2.75, 3.05) is 85.6 Å². The number of unbranched alkanes of at least 4 members (excludes halogenated alkanes) is 3. The van der Waals surface area contributed by atoms with Gasteiger partial charge in [-0.25, -0.2) is 13.2 Å². The lowest BCUT2D eigenvalue weighted by atomic mass is 9.90. The van der Waals surface area contributed by atoms with E-state index in [4.69, 9.17) is 55.9 Å². The maximum absolute atomic E-state index is 13.3. The summed E-state index contributed by atoms with van der Waals surface area (Å²) in [7, 11) is 0. The van der Waals surface area contributed by atoms with Crippen molar-refractivity contribution in [3.05, 3.63) is 137 Å². The highest BCUT2D eigenvalue weighted by Crippen LogP contribution is 2.33. The molecule has 0 unspecified atom stereocenters. The number of carboxylic acids is 3. The molecular weight excluding hydrogens is 1680 g/mol. The lowest BCUT2D eigenvalue weighted by Crippen LogP contribution is -2.50. The number of amides is 4. The van der Waals surface area contributed by atoms with Gasteiger partial charge in [0.15, 0.2) is 11.6 Å². The van der Waals surface area contributed by atoms with Gasteiger partial charge in [0.2, 0.25) is 54.4 Å². The number of aromatic nitrogens is 12. The van der Waals surface area contributed by atoms with Gasteiger partial charge in [0.1, 0.15) is 58.3 Å². The summed E-state index contributed by atoms with van der Waals surface area (Å²) in [6.07, 6.45) is 10.1. The van der Waals surface area contributed by atoms with E-state index in [1.165, 1.54) is 124 Å². The molecule has 2 fully saturated rings. The van der Waals surface area contributed by atoms with Crippen LogP contribution in [0.1, 0.15) is 141 Å². The van der Waals surface area contributed by atoms with Crippen LogP contribution >= 0.6 is 68.0 Å². The highest BCUT2D eigenvalue weighted by molar-refractivity contribution is 7.16. The molecule has 0 aliphatic carbocycles. The van der Waals surface area contributed by atoms with Gasteiger partial charge in [0.25, 0.3) is 0 Å². The molecule has 0 spiro atoms. The molecule has 0 saturated carbocycles. The zero-order valence-electron chi connectivity index (χ0n) is 66.4. The molecule has 2 saturated heterocycles. The molecule has 45 heteroatoms. The van der Waals surface area contributed by atoms with Crippen molar-refractivity contribution in [1.82, 2.24) is 61.2 Å². The first-order chi connectivity index (χ1) is 56.2. The van der Waals surface area contributed by atoms with Crippen LogP contribution in [0.2, 0.25) is 0 Å². The van der Waals surface area contributed by atoms with Gasteiger partial charge in [-0.1, -0.05) is 104 Å². The number of nitrogens with zero attached hydrogens (tertiary/aromatic N) is 12. The van der Waals surface area contributed by atoms with Gasteiger partial charge in [0.05, 0.1) is 82.9 Å². The first kappa shape index (κ1) is 98.2. The molecule has 0 bridgehead atoms. The number of benzene rings is 3. The zero-order valence-corrected chi connectivity index (χ0v) is 71.3. The van der Waals surface area contributed by atoms with Crippen molar-refractivity contribution in [3.8, 4) is 0 Å². The Kier molecular flexibility index (Phi) is 39.1. The summed E-state index contributed by atoms with van der Waals surface area (Å²) >= 11 is 8.11. The third-order valence-corrected chi connectivity index (χ3v) is 22.3. The average molecular weight is 1780 g/mol. The monoisotopic (exact) mass is 1770 g/mol. The number of anilines is 6. The normalized spacial score (nSPS) is 14.2. The quantitative estimate of drug-likeness (QED) is 0.0171. The second-order valence-electron chi connectivity index (χ2n) is 29.0. The van der Waals surface area contributed by atoms with Gasteiger partial charge < -0.3 is 76.8 Å². The first-order valence-electron chi connectivity index (χ1n) is 36.8. The first-order valence-corrected chi connectivity index (χ1v) is 41.7. The van der Waals surface area contributed by atoms with E-state index in [1.54, 1.807) is 58.0 Å². The van der Waals surface area contributed by atoms with E-state index in [1.807, 2.05) is 13.8 Å². The number of hydrogen-bond donors (Lipinski definition) is 13. The summed E-state index contributed by atoms with van der Waals surface area (Å²) < 4.78 is 60.7. The molecule has 8 heterocycles. The van der Waals surface area contributed by atoms with Crippen LogP contribution in [-0.4, -0.2) is 203 Å². The largest absolute Gasteiger partial charge is 0.481 e. The van der Waals surface area contributed by atoms with Crippen molar-refractivity contribution in [2.24, 2.45) is 21.7 Å². The number of nitrogens with one attached hydrogen (secondary N) is 4. The standard InChI is InChI=1S/C24H29FN6O4S2.C21H25FN6O4S2.C8H7FO2.C8H12N6S2.C8H14O4.C5H10O4/c1-23(2)34-13-24(3,14-35-23)20(33)27-22-31-29-19(37-22)10-5-4-9-18-28-30-21(36-18)26-17(32)12-15-7-6-8-16(25)11-15;1-21(11-29,12-30)18(32)24-20-28-26-17(34-20)8-3-2-7-16-25-27-19(33-16)23-15(31)10-13-5-4-6-14(22)9-13;9-7-3-1-2-6(4-7)5-8(10)11;9-7-13-11-5(15-7)3-1-2-4-6-12-14-8(10)16-6;1-7(2)11-4-8(3,5-12-7)6(9)10;1-5(2-6,3-7)4(8)9/h6-8,11H,4-5,9-10,12-14H2,1-3H3,(H,26,30,32)(H,27,31,33);4-6,9,29-30H,2-3,7-8,10-12H2,1H3,(H,23,27,31)(H,24,28,32);1-4H,5H2,(H,10,11);1-4H2,(H2,9,13)(H2,10,14);4-5H2,1-3H3,(H,9,10);6-7H,2-3H2,1H3,(H,8,9). The van der Waals surface area contributed by atoms with Gasteiger partial charge >= 0.3 is 17.9 Å². The van der Waals surface area contributed by atoms with Crippen molar-refractivity contribution >= 4 is 140 Å². The number of aryl methyl sites for hydroxylation is 6. The summed E-state index contributed by atoms with van der Waals surface area (Å²) in [6.45, 7) is 12.2. The lowest BCUT2D eigenvalue weighted by molar-refractivity contribution is -0.280. The molecule has 648 valence electrons. The fraction of sp³-hybridized carbons (Fsp3) is 0.500. The third-order valence-electron chi connectivity index (χ3n) is 17.1. The van der Waals surface area contributed by atoms with Crippen molar-refractivity contribution in [3.63, 3.8) is 0 Å². The van der Waals surface area contributed by atoms with Crippen LogP contribution in [0.5, 0.6) is 0 Å². The van der Waals surface area contributed by atoms with Crippen LogP contribution in [-0.2, 0) is 110 Å². The Labute approximate surface area is 706 Å². The van der Waals surface area contributed by atoms with Gasteiger partial charge in [-0.05, 0) is 147 Å². The number of nitrogens with two attached hydrogens (primary N) is 2. The van der Waals surface area contributed by atoms with Crippen molar-refractivity contribution in [2.45, 2.75) is 163 Å². The summed E-state index contributed by atoms with van der Waals surface area (Å²) in [5, 5.41) is 127. The zero-order chi connectivity index (χ0) is 87.6. The number of aliphatic carboxylic acids is 3. The van der Waals surface area contributed by atoms with E-state index in [0.29, 0.717) is 66.7 Å². The molecule has 11 rings (SSSR count). The molecule has 36 nitrogen and oxygen atoms in total. The molecule has 9 aromatic rings. The molecular formula is C74H97F3N18O18S6. The smallest absolute Gasteiger partial charge is 0.314 e. The van der Waals surface area contributed by atoms with Crippen LogP contribution < -0.4 is 32.7 Å². The molecule has 2 aliphatic heterocycles. The van der Waals surface area contributed by atoms with E-state index >= 15 is 0 Å². The fourth-order valence-corrected chi connectivity index (χ4v) is 13.9. The lowest BCUT2D eigenvalue weighted by Gasteiger charge is -2.40. The topological polar surface area (TPSA) is 553 Å². The molecule has 119 heavy (non-hydrogen) atoms. The number of carbonyl (C=O) groups excluding carboxylic acids is 4. The fourth-order valence-electron chi connectivity index (χ4n) is 9.45. The van der Waals surface area contributed by atoms with Gasteiger partial charge in [-0.3, -0.25) is 44.2 Å². The second-order valence-corrected chi connectivity index (χ2v) is 35.4. The van der Waals surface area contributed by atoms with Gasteiger partial charge in [-0.2, -0.15) is 0 Å². The predicted molar refractivity (Wildman–Crippen MR) is 439 cm³/mol. The predicted octanol–water partition coefficient (Wildman–Crippen LogP) is 8.70. The molecule has 0 atom stereocenters. The Hall–Kier alpha value is -9.62. The Morgan fingerprint density at radius 1 is 0.412 bits per heavy atom. The van der Waals surface area contributed by atoms with Crippen LogP contribution in [0.4, 0.5) is 44.0 Å². The summed E-state index contributed by atoms with van der Waals surface area (Å²) in [5.41, 5.74) is 8.28. The van der Waals surface area contributed by atoms with E-state index in [0.717, 1.165) is 87.8 Å². The molecule has 0 radical (unpaired) electrons. The van der Waals surface area contributed by atoms with Crippen LogP contribution in [0.15, 0.2) is 72.8 Å². The molecule has 15 N–H and O–H groups in total. The van der Waals surface area contributed by atoms with Gasteiger partial charge in [0, 0.05) is 38.5 Å². The summed E-state index contributed by atoms with van der Waals surface area (Å²) in [4.78, 5) is 80.2. The maximum Gasteiger partial charge on any atom is 0.314 e. The highest BCUT2D eigenvalue weighted by atomic mass is 32.1. The Balaban J connectivity index is 0.000000241. The van der Waals surface area contributed by atoms with E-state index < -0.39 is 89.3 Å². The molecule has 3 aromatic carbocycles. The summed E-state index contributed by atoms with van der Waals surface area (Å²) in [6, 6.07) is 17.4. The third kappa shape index (κ3) is 34.9. The number of ether oxygens (including phenoxy) is 4. The number of rotatable bonds is 33. The van der Waals surface area contributed by atoms with E-state index in [2.05, 4.69) is 82.5 Å². The number of hydrogen-bond acceptors (Lipinski definition) is 35. The van der Waals surface area contributed by atoms with E-state index in [9.17, 15) is 56.9 Å². The number of nitrogen functional groups attached to an aromatic ring is 2. The van der Waals surface area contributed by atoms with Crippen LogP contribution in [0, 0.1) is 39.1 Å². The Morgan fingerprint density at radius 2 is 0.706 bits per heavy atom. The van der Waals surface area contributed by atoms with Crippen LogP contribution in [0.25, 0.3) is 0 Å². The molecule has 4 amide bonds. The van der Waals surface area contributed by atoms with E-state index in [-0.39, 0.29) is 75.0 Å². The number of aliphatic hydroxyl groups is 4. The number of carbonyl (C=O) groups is 7. The minimum Gasteiger partial charge on any atom is -0.481 e. The Bertz CT molecular complexity index is 4670. The molecule has 6 aromatic heterocycles. The minimum atomic E-state index is -1.39. The number of halogens is 3. The molecule has 2 aliphatic rings. The number of aliphatic hydroxyl groups excluding tert-OH is 4. The van der Waals surface area contributed by atoms with Crippen molar-refractivity contribution in [1.29, 1.82) is 0 Å². The Morgan fingerprint density at radius 3 is 0.983 bits per heavy atom. The number of carboxylic acid groups (broad SMARTS) is 3. The second kappa shape index (κ2) is 47.4. The minimum absolute atomic E-state index is 0.0518.